The summed E-state index contributed by atoms with van der Waals surface area (Å²) in [7, 11) is 1.63. The normalized spacial score (nSPS) is 10.8. The third kappa shape index (κ3) is 5.04. The Morgan fingerprint density at radius 1 is 1.21 bits per heavy atom. The number of nitrogens with zero attached hydrogens (tertiary/aromatic N) is 2. The number of ether oxygens (including phenoxy) is 1. The van der Waals surface area contributed by atoms with Crippen LogP contribution in [0, 0.1) is 0 Å². The number of H-pyrrole nitrogens is 1. The number of carbonyl (C=O) groups is 2. The number of ketones is 1. The summed E-state index contributed by atoms with van der Waals surface area (Å²) in [6.07, 6.45) is 1.20. The number of aromatic amines is 1. The van der Waals surface area contributed by atoms with E-state index < -0.39 is 0 Å². The number of thiophene rings is 1. The van der Waals surface area contributed by atoms with E-state index in [-0.39, 0.29) is 30.4 Å². The molecule has 2 heterocycles. The molecule has 0 aliphatic carbocycles. The van der Waals surface area contributed by atoms with Crippen LogP contribution in [0.25, 0.3) is 10.2 Å². The molecule has 7 nitrogen and oxygen atoms in total. The van der Waals surface area contributed by atoms with Gasteiger partial charge in [-0.1, -0.05) is 12.1 Å². The number of hydrogen-bond donors (Lipinski definition) is 1. The lowest BCUT2D eigenvalue weighted by molar-refractivity contribution is -0.132. The van der Waals surface area contributed by atoms with Gasteiger partial charge < -0.3 is 19.4 Å². The molecule has 8 heteroatoms. The summed E-state index contributed by atoms with van der Waals surface area (Å²) in [6, 6.07) is 9.12. The van der Waals surface area contributed by atoms with Crippen LogP contribution in [-0.4, -0.2) is 40.2 Å². The van der Waals surface area contributed by atoms with Crippen molar-refractivity contribution in [3.05, 3.63) is 57.5 Å². The molecule has 0 aliphatic heterocycles. The van der Waals surface area contributed by atoms with Crippen LogP contribution in [0.2, 0.25) is 0 Å². The minimum Gasteiger partial charge on any atom is -0.484 e. The highest BCUT2D eigenvalue weighted by atomic mass is 32.1. The van der Waals surface area contributed by atoms with E-state index in [2.05, 4.69) is 9.97 Å². The first kappa shape index (κ1) is 19.8. The zero-order chi connectivity index (χ0) is 20.1. The SMILES string of the molecule is CC(=O)CCc1ccc(OCC(=O)N(C)Cc2nc3ccsc3c(=O)[nH]2)cc1. The predicted octanol–water partition coefficient (Wildman–Crippen LogP) is 2.54. The molecule has 3 rings (SSSR count). The maximum absolute atomic E-state index is 12.3. The number of benzene rings is 1. The van der Waals surface area contributed by atoms with E-state index in [1.54, 1.807) is 32.2 Å². The predicted molar refractivity (Wildman–Crippen MR) is 108 cm³/mol. The van der Waals surface area contributed by atoms with Gasteiger partial charge in [0.2, 0.25) is 0 Å². The topological polar surface area (TPSA) is 92.4 Å². The Bertz CT molecular complexity index is 1040. The number of aryl methyl sites for hydroxylation is 1. The molecule has 0 saturated carbocycles. The smallest absolute Gasteiger partial charge is 0.268 e. The Kier molecular flexibility index (Phi) is 6.20. The molecule has 0 radical (unpaired) electrons. The van der Waals surface area contributed by atoms with Crippen molar-refractivity contribution in [2.45, 2.75) is 26.3 Å². The van der Waals surface area contributed by atoms with E-state index in [4.69, 9.17) is 4.74 Å². The van der Waals surface area contributed by atoms with Crippen molar-refractivity contribution in [3.63, 3.8) is 0 Å². The average molecular weight is 399 g/mol. The molecule has 0 aliphatic rings. The van der Waals surface area contributed by atoms with Gasteiger partial charge in [-0.25, -0.2) is 4.98 Å². The highest BCUT2D eigenvalue weighted by molar-refractivity contribution is 7.17. The fourth-order valence-corrected chi connectivity index (χ4v) is 3.36. The van der Waals surface area contributed by atoms with Gasteiger partial charge >= 0.3 is 0 Å². The molecule has 0 atom stereocenters. The highest BCUT2D eigenvalue weighted by Gasteiger charge is 2.13. The third-order valence-electron chi connectivity index (χ3n) is 4.23. The highest BCUT2D eigenvalue weighted by Crippen LogP contribution is 2.15. The van der Waals surface area contributed by atoms with Gasteiger partial charge in [0, 0.05) is 13.5 Å². The minimum absolute atomic E-state index is 0.117. The van der Waals surface area contributed by atoms with Crippen LogP contribution in [0.1, 0.15) is 24.7 Å². The Balaban J connectivity index is 1.53. The Hall–Kier alpha value is -3.00. The van der Waals surface area contributed by atoms with Crippen molar-refractivity contribution in [1.82, 2.24) is 14.9 Å². The molecule has 0 unspecified atom stereocenters. The number of likely N-dealkylation sites (N-methyl/N-ethyl adjacent to an activating group) is 1. The number of aromatic nitrogens is 2. The van der Waals surface area contributed by atoms with Crippen molar-refractivity contribution in [1.29, 1.82) is 0 Å². The number of hydrogen-bond acceptors (Lipinski definition) is 6. The van der Waals surface area contributed by atoms with Crippen LogP contribution in [0.4, 0.5) is 0 Å². The number of fused-ring (bicyclic) bond motifs is 1. The molecule has 3 aromatic rings. The second kappa shape index (κ2) is 8.79. The first-order valence-corrected chi connectivity index (χ1v) is 9.72. The first-order chi connectivity index (χ1) is 13.4. The molecule has 1 amide bonds. The number of amides is 1. The average Bonchev–Trinajstić information content (AvgIpc) is 3.14. The first-order valence-electron chi connectivity index (χ1n) is 8.84. The lowest BCUT2D eigenvalue weighted by Crippen LogP contribution is -2.32. The number of Topliss-reactive ketones (excluding diaryl/α,β-unsaturated/α-hetero) is 1. The molecule has 1 N–H and O–H groups in total. The van der Waals surface area contributed by atoms with Gasteiger partial charge in [0.15, 0.2) is 6.61 Å². The summed E-state index contributed by atoms with van der Waals surface area (Å²) in [5.74, 6) is 0.942. The number of carbonyl (C=O) groups excluding carboxylic acids is 2. The Morgan fingerprint density at radius 2 is 1.96 bits per heavy atom. The number of nitrogens with one attached hydrogen (secondary N) is 1. The third-order valence-corrected chi connectivity index (χ3v) is 5.13. The lowest BCUT2D eigenvalue weighted by Gasteiger charge is -2.17. The van der Waals surface area contributed by atoms with Crippen LogP contribution in [0.3, 0.4) is 0 Å². The monoisotopic (exact) mass is 399 g/mol. The molecule has 0 saturated heterocycles. The summed E-state index contributed by atoms with van der Waals surface area (Å²) in [4.78, 5) is 43.9. The Labute approximate surface area is 166 Å². The van der Waals surface area contributed by atoms with Crippen molar-refractivity contribution in [2.75, 3.05) is 13.7 Å². The molecule has 0 bridgehead atoms. The van der Waals surface area contributed by atoms with Crippen LogP contribution >= 0.6 is 11.3 Å². The fraction of sp³-hybridized carbons (Fsp3) is 0.300. The maximum atomic E-state index is 12.3. The summed E-state index contributed by atoms with van der Waals surface area (Å²) in [6.45, 7) is 1.64. The van der Waals surface area contributed by atoms with Crippen LogP contribution in [-0.2, 0) is 22.6 Å². The van der Waals surface area contributed by atoms with E-state index in [1.165, 1.54) is 16.2 Å². The van der Waals surface area contributed by atoms with Gasteiger partial charge in [-0.3, -0.25) is 9.59 Å². The number of rotatable bonds is 8. The maximum Gasteiger partial charge on any atom is 0.268 e. The van der Waals surface area contributed by atoms with Gasteiger partial charge in [-0.2, -0.15) is 0 Å². The molecule has 2 aromatic heterocycles. The zero-order valence-electron chi connectivity index (χ0n) is 15.7. The van der Waals surface area contributed by atoms with Gasteiger partial charge in [0.05, 0.1) is 12.1 Å². The summed E-state index contributed by atoms with van der Waals surface area (Å²) < 4.78 is 6.12. The summed E-state index contributed by atoms with van der Waals surface area (Å²) in [5, 5.41) is 1.81. The van der Waals surface area contributed by atoms with Crippen LogP contribution < -0.4 is 10.3 Å². The fourth-order valence-electron chi connectivity index (χ4n) is 2.64. The molecule has 0 spiro atoms. The van der Waals surface area contributed by atoms with Crippen molar-refractivity contribution >= 4 is 33.2 Å². The van der Waals surface area contributed by atoms with Crippen LogP contribution in [0.5, 0.6) is 5.75 Å². The van der Waals surface area contributed by atoms with Crippen molar-refractivity contribution in [3.8, 4) is 5.75 Å². The van der Waals surface area contributed by atoms with Gasteiger partial charge in [0.25, 0.3) is 11.5 Å². The summed E-state index contributed by atoms with van der Waals surface area (Å²) >= 11 is 1.34. The van der Waals surface area contributed by atoms with E-state index in [1.807, 2.05) is 17.5 Å². The largest absolute Gasteiger partial charge is 0.484 e. The van der Waals surface area contributed by atoms with E-state index in [0.29, 0.717) is 34.6 Å². The molecular weight excluding hydrogens is 378 g/mol. The van der Waals surface area contributed by atoms with Crippen LogP contribution in [0.15, 0.2) is 40.5 Å². The molecule has 0 fully saturated rings. The quantitative estimate of drug-likeness (QED) is 0.628. The molecule has 28 heavy (non-hydrogen) atoms. The second-order valence-corrected chi connectivity index (χ2v) is 7.45. The van der Waals surface area contributed by atoms with E-state index in [0.717, 1.165) is 5.56 Å². The lowest BCUT2D eigenvalue weighted by atomic mass is 10.1. The minimum atomic E-state index is -0.228. The molecule has 1 aromatic carbocycles. The molecular formula is C20H21N3O4S. The standard InChI is InChI=1S/C20H21N3O4S/c1-13(24)3-4-14-5-7-15(8-6-14)27-12-18(25)23(2)11-17-21-16-9-10-28-19(16)20(26)22-17/h5-10H,3-4,11-12H2,1-2H3,(H,21,22,26). The molecule has 146 valence electrons. The van der Waals surface area contributed by atoms with Crippen molar-refractivity contribution in [2.24, 2.45) is 0 Å². The Morgan fingerprint density at radius 3 is 2.68 bits per heavy atom. The summed E-state index contributed by atoms with van der Waals surface area (Å²) in [5.41, 5.74) is 1.48. The second-order valence-electron chi connectivity index (χ2n) is 6.53. The van der Waals surface area contributed by atoms with Gasteiger partial charge in [-0.05, 0) is 42.5 Å². The van der Waals surface area contributed by atoms with Crippen molar-refractivity contribution < 1.29 is 14.3 Å². The van der Waals surface area contributed by atoms with E-state index in [9.17, 15) is 14.4 Å². The van der Waals surface area contributed by atoms with Gasteiger partial charge in [0.1, 0.15) is 22.1 Å². The van der Waals surface area contributed by atoms with Gasteiger partial charge in [-0.15, -0.1) is 11.3 Å². The van der Waals surface area contributed by atoms with E-state index >= 15 is 0 Å². The zero-order valence-corrected chi connectivity index (χ0v) is 16.5.